The molecule has 0 aromatic heterocycles. The molecule has 0 unspecified atom stereocenters. The third-order valence-electron chi connectivity index (χ3n) is 1.60. The molecule has 116 valence electrons. The Labute approximate surface area is 119 Å². The number of ether oxygens (including phenoxy) is 4. The van der Waals surface area contributed by atoms with E-state index < -0.39 is 0 Å². The van der Waals surface area contributed by atoms with E-state index in [4.69, 9.17) is 25.4 Å². The van der Waals surface area contributed by atoms with Gasteiger partial charge in [-0.25, -0.2) is 0 Å². The van der Waals surface area contributed by atoms with E-state index in [1.165, 1.54) is 0 Å². The van der Waals surface area contributed by atoms with Crippen LogP contribution in [-0.2, 0) is 18.9 Å². The number of hydrogen-bond acceptors (Lipinski definition) is 4. The van der Waals surface area contributed by atoms with Crippen LogP contribution >= 0.6 is 0 Å². The number of hydrogen-bond donors (Lipinski definition) is 0. The maximum atomic E-state index is 5.19. The van der Waals surface area contributed by atoms with E-state index in [1.807, 2.05) is 27.7 Å². The molecule has 0 aromatic carbocycles. The number of terminal acetylenes is 1. The Morgan fingerprint density at radius 2 is 1.37 bits per heavy atom. The first-order chi connectivity index (χ1) is 8.54. The van der Waals surface area contributed by atoms with Crippen LogP contribution in [0.3, 0.4) is 0 Å². The number of rotatable bonds is 9. The zero-order valence-electron chi connectivity index (χ0n) is 12.4. The summed E-state index contributed by atoms with van der Waals surface area (Å²) in [5.74, 6) is 2.38. The largest absolute Gasteiger partial charge is 0.382 e. The second-order valence-electron chi connectivity index (χ2n) is 4.09. The maximum Gasteiger partial charge on any atom is 0.107 e. The average Bonchev–Trinajstić information content (AvgIpc) is 2.29. The van der Waals surface area contributed by atoms with Crippen LogP contribution < -0.4 is 0 Å². The van der Waals surface area contributed by atoms with E-state index in [9.17, 15) is 0 Å². The average molecular weight is 276 g/mol. The first kappa shape index (κ1) is 23.5. The number of methoxy groups -OCH3 is 1. The van der Waals surface area contributed by atoms with Gasteiger partial charge in [0.25, 0.3) is 0 Å². The van der Waals surface area contributed by atoms with Crippen LogP contribution in [0.2, 0.25) is 0 Å². The quantitative estimate of drug-likeness (QED) is 0.479. The Bertz CT molecular complexity index is 185. The Balaban J connectivity index is -0.000000262. The second-order valence-corrected chi connectivity index (χ2v) is 4.09. The smallest absolute Gasteiger partial charge is 0.107 e. The van der Waals surface area contributed by atoms with Crippen LogP contribution in [0.25, 0.3) is 0 Å². The van der Waals surface area contributed by atoms with E-state index in [-0.39, 0.29) is 13.5 Å². The van der Waals surface area contributed by atoms with Crippen LogP contribution in [0.4, 0.5) is 0 Å². The van der Waals surface area contributed by atoms with Gasteiger partial charge in [0.15, 0.2) is 0 Å². The molecule has 0 aliphatic heterocycles. The summed E-state index contributed by atoms with van der Waals surface area (Å²) >= 11 is 0. The van der Waals surface area contributed by atoms with Gasteiger partial charge in [-0.05, 0) is 27.7 Å². The van der Waals surface area contributed by atoms with E-state index in [2.05, 4.69) is 5.92 Å². The van der Waals surface area contributed by atoms with Crippen molar-refractivity contribution in [1.82, 2.24) is 0 Å². The summed E-state index contributed by atoms with van der Waals surface area (Å²) < 4.78 is 20.1. The summed E-state index contributed by atoms with van der Waals surface area (Å²) in [6, 6.07) is 0. The molecular formula is C15H32O4. The Morgan fingerprint density at radius 3 is 1.74 bits per heavy atom. The third-order valence-corrected chi connectivity index (χ3v) is 1.60. The minimum Gasteiger partial charge on any atom is -0.382 e. The zero-order chi connectivity index (χ0) is 14.2. The topological polar surface area (TPSA) is 36.9 Å². The normalized spacial score (nSPS) is 9.58. The summed E-state index contributed by atoms with van der Waals surface area (Å²) in [4.78, 5) is 0. The lowest BCUT2D eigenvalue weighted by molar-refractivity contribution is 0.0280. The van der Waals surface area contributed by atoms with E-state index in [0.717, 1.165) is 0 Å². The SMILES string of the molecule is C.C#CCOCCOC(C)C.COCCOC(C)C. The molecule has 0 spiro atoms. The standard InChI is InChI=1S/C8H14O2.C6H14O2.CH4/c1-4-5-9-6-7-10-8(2)3;1-6(2)8-5-4-7-3;/h1,8H,5-7H2,2-3H3;6H,4-5H2,1-3H3;1H4. The van der Waals surface area contributed by atoms with Crippen LogP contribution in [-0.4, -0.2) is 52.4 Å². The van der Waals surface area contributed by atoms with E-state index in [0.29, 0.717) is 39.1 Å². The molecule has 0 aliphatic carbocycles. The predicted molar refractivity (Wildman–Crippen MR) is 80.4 cm³/mol. The maximum absolute atomic E-state index is 5.19. The van der Waals surface area contributed by atoms with Gasteiger partial charge in [-0.15, -0.1) is 6.42 Å². The minimum absolute atomic E-state index is 0. The third kappa shape index (κ3) is 31.8. The Morgan fingerprint density at radius 1 is 0.895 bits per heavy atom. The fourth-order valence-electron chi connectivity index (χ4n) is 0.841. The van der Waals surface area contributed by atoms with Gasteiger partial charge in [-0.3, -0.25) is 0 Å². The highest BCUT2D eigenvalue weighted by Gasteiger charge is 1.91. The molecular weight excluding hydrogens is 244 g/mol. The molecule has 0 N–H and O–H groups in total. The second kappa shape index (κ2) is 19.7. The molecule has 4 heteroatoms. The molecule has 4 nitrogen and oxygen atoms in total. The lowest BCUT2D eigenvalue weighted by Gasteiger charge is -2.05. The van der Waals surface area contributed by atoms with Crippen LogP contribution in [0, 0.1) is 12.3 Å². The van der Waals surface area contributed by atoms with Gasteiger partial charge in [0.1, 0.15) is 6.61 Å². The first-order valence-electron chi connectivity index (χ1n) is 6.27. The highest BCUT2D eigenvalue weighted by molar-refractivity contribution is 4.82. The fourth-order valence-corrected chi connectivity index (χ4v) is 0.841. The summed E-state index contributed by atoms with van der Waals surface area (Å²) in [7, 11) is 1.67. The van der Waals surface area contributed by atoms with Crippen molar-refractivity contribution in [3.63, 3.8) is 0 Å². The summed E-state index contributed by atoms with van der Waals surface area (Å²) in [6.45, 7) is 11.0. The van der Waals surface area contributed by atoms with E-state index in [1.54, 1.807) is 7.11 Å². The van der Waals surface area contributed by atoms with Crippen LogP contribution in [0.5, 0.6) is 0 Å². The minimum atomic E-state index is 0. The molecule has 19 heavy (non-hydrogen) atoms. The van der Waals surface area contributed by atoms with Crippen molar-refractivity contribution in [3.05, 3.63) is 0 Å². The summed E-state index contributed by atoms with van der Waals surface area (Å²) in [6.07, 6.45) is 5.55. The van der Waals surface area contributed by atoms with Gasteiger partial charge in [-0.1, -0.05) is 13.3 Å². The first-order valence-corrected chi connectivity index (χ1v) is 6.27. The molecule has 0 aliphatic rings. The monoisotopic (exact) mass is 276 g/mol. The highest BCUT2D eigenvalue weighted by Crippen LogP contribution is 1.86. The summed E-state index contributed by atoms with van der Waals surface area (Å²) in [5.41, 5.74) is 0. The lowest BCUT2D eigenvalue weighted by atomic mass is 10.5. The van der Waals surface area contributed by atoms with Crippen LogP contribution in [0.15, 0.2) is 0 Å². The van der Waals surface area contributed by atoms with Crippen molar-refractivity contribution in [2.24, 2.45) is 0 Å². The van der Waals surface area contributed by atoms with Gasteiger partial charge in [0.2, 0.25) is 0 Å². The van der Waals surface area contributed by atoms with Gasteiger partial charge >= 0.3 is 0 Å². The van der Waals surface area contributed by atoms with Crippen molar-refractivity contribution >= 4 is 0 Å². The molecule has 0 atom stereocenters. The lowest BCUT2D eigenvalue weighted by Crippen LogP contribution is -2.09. The van der Waals surface area contributed by atoms with Gasteiger partial charge in [0.05, 0.1) is 38.6 Å². The van der Waals surface area contributed by atoms with Gasteiger partial charge in [0, 0.05) is 7.11 Å². The zero-order valence-corrected chi connectivity index (χ0v) is 12.4. The molecule has 0 rings (SSSR count). The Hall–Kier alpha value is -0.600. The molecule has 0 aromatic rings. The molecule has 0 heterocycles. The highest BCUT2D eigenvalue weighted by atomic mass is 16.5. The molecule has 0 saturated heterocycles. The molecule has 0 bridgehead atoms. The molecule has 0 amide bonds. The van der Waals surface area contributed by atoms with Gasteiger partial charge in [-0.2, -0.15) is 0 Å². The fraction of sp³-hybridized carbons (Fsp3) is 0.867. The van der Waals surface area contributed by atoms with Crippen molar-refractivity contribution in [2.45, 2.75) is 47.3 Å². The van der Waals surface area contributed by atoms with E-state index >= 15 is 0 Å². The van der Waals surface area contributed by atoms with Gasteiger partial charge < -0.3 is 18.9 Å². The van der Waals surface area contributed by atoms with Crippen LogP contribution in [0.1, 0.15) is 35.1 Å². The molecule has 0 saturated carbocycles. The van der Waals surface area contributed by atoms with Crippen molar-refractivity contribution in [1.29, 1.82) is 0 Å². The van der Waals surface area contributed by atoms with Crippen molar-refractivity contribution in [2.75, 3.05) is 40.1 Å². The predicted octanol–water partition coefficient (Wildman–Crippen LogP) is 2.76. The van der Waals surface area contributed by atoms with Crippen molar-refractivity contribution in [3.8, 4) is 12.3 Å². The molecule has 0 fully saturated rings. The van der Waals surface area contributed by atoms with Crippen molar-refractivity contribution < 1.29 is 18.9 Å². The summed E-state index contributed by atoms with van der Waals surface area (Å²) in [5, 5.41) is 0. The Kier molecular flexibility index (Phi) is 24.4. The molecule has 0 radical (unpaired) electrons.